The lowest BCUT2D eigenvalue weighted by Gasteiger charge is -2.23. The topological polar surface area (TPSA) is 38.8 Å². The average Bonchev–Trinajstić information content (AvgIpc) is 2.53. The monoisotopic (exact) mass is 317 g/mol. The van der Waals surface area contributed by atoms with Crippen LogP contribution in [0.1, 0.15) is 38.7 Å². The fourth-order valence-electron chi connectivity index (χ4n) is 2.57. The molecule has 0 amide bonds. The first kappa shape index (κ1) is 17.5. The average molecular weight is 317 g/mol. The van der Waals surface area contributed by atoms with Crippen molar-refractivity contribution < 1.29 is 14.3 Å². The van der Waals surface area contributed by atoms with Crippen molar-refractivity contribution in [2.24, 2.45) is 0 Å². The van der Waals surface area contributed by atoms with Crippen molar-refractivity contribution in [3.63, 3.8) is 0 Å². The van der Waals surface area contributed by atoms with Crippen molar-refractivity contribution in [3.05, 3.63) is 29.3 Å². The molecule has 0 bridgehead atoms. The Morgan fingerprint density at radius 1 is 1.22 bits per heavy atom. The zero-order valence-corrected chi connectivity index (χ0v) is 14.4. The van der Waals surface area contributed by atoms with Gasteiger partial charge in [0.05, 0.1) is 13.2 Å². The van der Waals surface area contributed by atoms with Gasteiger partial charge < -0.3 is 14.4 Å². The number of likely N-dealkylation sites (N-methyl/N-ethyl adjacent to an activating group) is 1. The maximum atomic E-state index is 12.0. The van der Waals surface area contributed by atoms with E-state index in [2.05, 4.69) is 11.8 Å². The third-order valence-electron chi connectivity index (χ3n) is 3.88. The van der Waals surface area contributed by atoms with Crippen molar-refractivity contribution in [3.8, 4) is 11.5 Å². The summed E-state index contributed by atoms with van der Waals surface area (Å²) in [5, 5.41) is 0. The Kier molecular flexibility index (Phi) is 6.66. The number of nitrogens with zero attached hydrogens (tertiary/aromatic N) is 1. The molecule has 0 atom stereocenters. The van der Waals surface area contributed by atoms with Gasteiger partial charge in [0, 0.05) is 25.1 Å². The van der Waals surface area contributed by atoms with E-state index in [-0.39, 0.29) is 5.78 Å². The summed E-state index contributed by atoms with van der Waals surface area (Å²) in [6.07, 6.45) is 4.69. The predicted octanol–water partition coefficient (Wildman–Crippen LogP) is 3.55. The Morgan fingerprint density at radius 3 is 2.78 bits per heavy atom. The van der Waals surface area contributed by atoms with E-state index < -0.39 is 0 Å². The van der Waals surface area contributed by atoms with Gasteiger partial charge in [-0.1, -0.05) is 19.4 Å². The summed E-state index contributed by atoms with van der Waals surface area (Å²) >= 11 is 0. The zero-order valence-electron chi connectivity index (χ0n) is 14.4. The number of Topliss-reactive ketones (excluding diaryl/α,β-unsaturated/α-hetero) is 1. The van der Waals surface area contributed by atoms with Gasteiger partial charge in [0.1, 0.15) is 0 Å². The molecule has 1 saturated heterocycles. The molecule has 1 aliphatic heterocycles. The van der Waals surface area contributed by atoms with Crippen molar-refractivity contribution in [2.75, 3.05) is 33.4 Å². The highest BCUT2D eigenvalue weighted by molar-refractivity contribution is 6.00. The molecule has 1 fully saturated rings. The molecule has 126 valence electrons. The van der Waals surface area contributed by atoms with Crippen molar-refractivity contribution in [1.82, 2.24) is 4.90 Å². The first-order chi connectivity index (χ1) is 11.1. The molecular formula is C19H27NO3. The van der Waals surface area contributed by atoms with Crippen LogP contribution in [-0.4, -0.2) is 44.0 Å². The van der Waals surface area contributed by atoms with Crippen LogP contribution in [0.2, 0.25) is 0 Å². The molecule has 1 heterocycles. The Hall–Kier alpha value is -1.81. The number of piperidine rings is 1. The van der Waals surface area contributed by atoms with Crippen molar-refractivity contribution in [2.45, 2.75) is 33.1 Å². The van der Waals surface area contributed by atoms with E-state index in [0.29, 0.717) is 26.2 Å². The molecule has 0 N–H and O–H groups in total. The third kappa shape index (κ3) is 5.10. The van der Waals surface area contributed by atoms with E-state index in [1.165, 1.54) is 0 Å². The second-order valence-corrected chi connectivity index (χ2v) is 5.92. The molecule has 0 aliphatic carbocycles. The summed E-state index contributed by atoms with van der Waals surface area (Å²) in [7, 11) is 2.04. The molecule has 0 aromatic heterocycles. The molecule has 0 spiro atoms. The largest absolute Gasteiger partial charge is 0.490 e. The molecule has 1 aromatic rings. The molecular weight excluding hydrogens is 290 g/mol. The normalized spacial score (nSPS) is 17.5. The number of benzene rings is 1. The van der Waals surface area contributed by atoms with Crippen LogP contribution < -0.4 is 9.47 Å². The lowest BCUT2D eigenvalue weighted by atomic mass is 10.0. The number of hydrogen-bond acceptors (Lipinski definition) is 4. The molecule has 2 rings (SSSR count). The SMILES string of the molecule is CCCCOc1ccc(/C=C2\CN(C)CCC2=O)cc1OCC. The predicted molar refractivity (Wildman–Crippen MR) is 93.1 cm³/mol. The Labute approximate surface area is 139 Å². The third-order valence-corrected chi connectivity index (χ3v) is 3.88. The summed E-state index contributed by atoms with van der Waals surface area (Å²) in [4.78, 5) is 14.2. The van der Waals surface area contributed by atoms with Crippen LogP contribution in [0.3, 0.4) is 0 Å². The van der Waals surface area contributed by atoms with E-state index >= 15 is 0 Å². The number of ketones is 1. The van der Waals surface area contributed by atoms with Gasteiger partial charge in [-0.3, -0.25) is 4.79 Å². The Morgan fingerprint density at radius 2 is 2.04 bits per heavy atom. The molecule has 4 nitrogen and oxygen atoms in total. The minimum Gasteiger partial charge on any atom is -0.490 e. The number of carbonyl (C=O) groups excluding carboxylic acids is 1. The maximum Gasteiger partial charge on any atom is 0.161 e. The van der Waals surface area contributed by atoms with Crippen LogP contribution in [0, 0.1) is 0 Å². The van der Waals surface area contributed by atoms with Gasteiger partial charge in [-0.15, -0.1) is 0 Å². The minimum absolute atomic E-state index is 0.240. The van der Waals surface area contributed by atoms with Gasteiger partial charge in [-0.25, -0.2) is 0 Å². The highest BCUT2D eigenvalue weighted by atomic mass is 16.5. The summed E-state index contributed by atoms with van der Waals surface area (Å²) in [5.41, 5.74) is 1.84. The lowest BCUT2D eigenvalue weighted by Crippen LogP contribution is -2.32. The number of ether oxygens (including phenoxy) is 2. The number of rotatable bonds is 7. The second-order valence-electron chi connectivity index (χ2n) is 5.92. The van der Waals surface area contributed by atoms with E-state index in [1.807, 2.05) is 38.2 Å². The van der Waals surface area contributed by atoms with Crippen LogP contribution in [0.5, 0.6) is 11.5 Å². The highest BCUT2D eigenvalue weighted by Gasteiger charge is 2.18. The van der Waals surface area contributed by atoms with Crippen LogP contribution >= 0.6 is 0 Å². The van der Waals surface area contributed by atoms with Crippen LogP contribution in [0.25, 0.3) is 6.08 Å². The summed E-state index contributed by atoms with van der Waals surface area (Å²) in [6, 6.07) is 5.88. The number of carbonyl (C=O) groups is 1. The Bertz CT molecular complexity index is 566. The zero-order chi connectivity index (χ0) is 16.7. The molecule has 23 heavy (non-hydrogen) atoms. The van der Waals surface area contributed by atoms with Crippen LogP contribution in [0.4, 0.5) is 0 Å². The van der Waals surface area contributed by atoms with Gasteiger partial charge >= 0.3 is 0 Å². The highest BCUT2D eigenvalue weighted by Crippen LogP contribution is 2.30. The summed E-state index contributed by atoms with van der Waals surface area (Å²) < 4.78 is 11.5. The number of hydrogen-bond donors (Lipinski definition) is 0. The van der Waals surface area contributed by atoms with E-state index in [4.69, 9.17) is 9.47 Å². The van der Waals surface area contributed by atoms with Gasteiger partial charge in [0.2, 0.25) is 0 Å². The maximum absolute atomic E-state index is 12.0. The molecule has 0 radical (unpaired) electrons. The second kappa shape index (κ2) is 8.73. The van der Waals surface area contributed by atoms with Crippen molar-refractivity contribution in [1.29, 1.82) is 0 Å². The fraction of sp³-hybridized carbons (Fsp3) is 0.526. The molecule has 1 aliphatic rings. The minimum atomic E-state index is 0.240. The molecule has 0 saturated carbocycles. The van der Waals surface area contributed by atoms with E-state index in [0.717, 1.165) is 42.0 Å². The van der Waals surface area contributed by atoms with Gasteiger partial charge in [-0.2, -0.15) is 0 Å². The van der Waals surface area contributed by atoms with Crippen LogP contribution in [0.15, 0.2) is 23.8 Å². The number of likely N-dealkylation sites (tertiary alicyclic amines) is 1. The quantitative estimate of drug-likeness (QED) is 0.569. The summed E-state index contributed by atoms with van der Waals surface area (Å²) in [5.74, 6) is 1.76. The van der Waals surface area contributed by atoms with E-state index in [1.54, 1.807) is 0 Å². The fourth-order valence-corrected chi connectivity index (χ4v) is 2.57. The van der Waals surface area contributed by atoms with E-state index in [9.17, 15) is 4.79 Å². The lowest BCUT2D eigenvalue weighted by molar-refractivity contribution is -0.117. The van der Waals surface area contributed by atoms with Gasteiger partial charge in [-0.05, 0) is 44.2 Å². The number of unbranched alkanes of at least 4 members (excludes halogenated alkanes) is 1. The molecule has 0 unspecified atom stereocenters. The first-order valence-corrected chi connectivity index (χ1v) is 8.46. The smallest absolute Gasteiger partial charge is 0.161 e. The summed E-state index contributed by atoms with van der Waals surface area (Å²) in [6.45, 7) is 6.93. The Balaban J connectivity index is 2.19. The van der Waals surface area contributed by atoms with Gasteiger partial charge in [0.25, 0.3) is 0 Å². The van der Waals surface area contributed by atoms with Gasteiger partial charge in [0.15, 0.2) is 17.3 Å². The molecule has 4 heteroatoms. The standard InChI is InChI=1S/C19H27NO3/c1-4-6-11-23-18-8-7-15(13-19(18)22-5-2)12-16-14-20(3)10-9-17(16)21/h7-8,12-13H,4-6,9-11,14H2,1-3H3/b16-12+. The van der Waals surface area contributed by atoms with Crippen LogP contribution in [-0.2, 0) is 4.79 Å². The molecule has 1 aromatic carbocycles. The van der Waals surface area contributed by atoms with Crippen molar-refractivity contribution >= 4 is 11.9 Å². The first-order valence-electron chi connectivity index (χ1n) is 8.46.